The van der Waals surface area contributed by atoms with E-state index in [1.807, 2.05) is 60.5 Å². The van der Waals surface area contributed by atoms with Gasteiger partial charge in [-0.3, -0.25) is 10.1 Å². The van der Waals surface area contributed by atoms with Gasteiger partial charge in [0.25, 0.3) is 0 Å². The first-order valence-electron chi connectivity index (χ1n) is 11.4. The van der Waals surface area contributed by atoms with E-state index in [2.05, 4.69) is 24.1 Å². The molecular weight excluding hydrogens is 430 g/mol. The van der Waals surface area contributed by atoms with Crippen LogP contribution in [0.3, 0.4) is 0 Å². The number of nitrogens with zero attached hydrogens (tertiary/aromatic N) is 4. The number of guanidine groups is 1. The number of carbonyl (C=O) groups excluding carboxylic acids is 1. The Morgan fingerprint density at radius 1 is 1.18 bits per heavy atom. The third kappa shape index (κ3) is 5.79. The highest BCUT2D eigenvalue weighted by molar-refractivity contribution is 5.85. The van der Waals surface area contributed by atoms with Crippen molar-refractivity contribution in [1.29, 1.82) is 5.26 Å². The molecule has 1 aliphatic heterocycles. The van der Waals surface area contributed by atoms with E-state index in [0.29, 0.717) is 37.1 Å². The highest BCUT2D eigenvalue weighted by atomic mass is 16.5. The number of ether oxygens (including phenoxy) is 2. The Hall–Kier alpha value is -3.73. The third-order valence-electron chi connectivity index (χ3n) is 6.12. The fourth-order valence-corrected chi connectivity index (χ4v) is 4.18. The molecule has 1 fully saturated rings. The second-order valence-corrected chi connectivity index (χ2v) is 8.67. The van der Waals surface area contributed by atoms with Crippen LogP contribution >= 0.6 is 0 Å². The number of hydrogen-bond acceptors (Lipinski definition) is 5. The Kier molecular flexibility index (Phi) is 8.36. The average Bonchev–Trinajstić information content (AvgIpc) is 2.84. The van der Waals surface area contributed by atoms with Gasteiger partial charge in [-0.15, -0.1) is 0 Å². The lowest BCUT2D eigenvalue weighted by Gasteiger charge is -2.44. The molecule has 0 radical (unpaired) electrons. The zero-order valence-corrected chi connectivity index (χ0v) is 20.5. The maximum atomic E-state index is 13.3. The zero-order valence-electron chi connectivity index (χ0n) is 20.5. The summed E-state index contributed by atoms with van der Waals surface area (Å²) in [5, 5.41) is 12.1. The van der Waals surface area contributed by atoms with E-state index in [0.717, 1.165) is 16.8 Å². The lowest BCUT2D eigenvalue weighted by molar-refractivity contribution is -0.135. The number of rotatable bonds is 6. The molecule has 1 aliphatic rings. The third-order valence-corrected chi connectivity index (χ3v) is 6.12. The largest absolute Gasteiger partial charge is 0.493 e. The minimum atomic E-state index is -0.0102. The van der Waals surface area contributed by atoms with Crippen LogP contribution in [0.15, 0.2) is 47.5 Å². The number of aryl methyl sites for hydroxylation is 1. The van der Waals surface area contributed by atoms with Gasteiger partial charge in [0.2, 0.25) is 11.9 Å². The van der Waals surface area contributed by atoms with E-state index >= 15 is 0 Å². The van der Waals surface area contributed by atoms with Crippen LogP contribution in [0, 0.1) is 24.3 Å². The molecule has 0 bridgehead atoms. The molecule has 0 unspecified atom stereocenters. The van der Waals surface area contributed by atoms with Crippen LogP contribution in [0.4, 0.5) is 5.69 Å². The molecule has 0 spiro atoms. The van der Waals surface area contributed by atoms with Crippen molar-refractivity contribution in [1.82, 2.24) is 15.1 Å². The second kappa shape index (κ2) is 11.4. The fourth-order valence-electron chi connectivity index (χ4n) is 4.18. The summed E-state index contributed by atoms with van der Waals surface area (Å²) in [6, 6.07) is 13.4. The molecule has 34 heavy (non-hydrogen) atoms. The van der Waals surface area contributed by atoms with Crippen molar-refractivity contribution >= 4 is 17.6 Å². The molecule has 8 nitrogen and oxygen atoms in total. The molecule has 1 amide bonds. The first-order valence-corrected chi connectivity index (χ1v) is 11.4. The molecule has 1 atom stereocenters. The van der Waals surface area contributed by atoms with Crippen LogP contribution in [-0.4, -0.2) is 61.6 Å². The lowest BCUT2D eigenvalue weighted by atomic mass is 9.98. The number of nitriles is 1. The molecule has 8 heteroatoms. The van der Waals surface area contributed by atoms with Crippen LogP contribution in [0.1, 0.15) is 25.0 Å². The molecule has 3 rings (SSSR count). The maximum absolute atomic E-state index is 13.3. The number of nitrogens with one attached hydrogen (secondary N) is 1. The summed E-state index contributed by atoms with van der Waals surface area (Å²) < 4.78 is 10.7. The molecule has 2 aromatic carbocycles. The standard InChI is InChI=1S/C26H33N5O3/c1-18(2)22-16-30(26(28-17-27)29-21-9-7-6-8-19(21)3)12-13-31(22)25(32)15-20-10-11-23(33-4)24(14-20)34-5/h6-11,14,18,22H,12-13,15-16H2,1-5H3,(H,28,29)/t22-/m1/s1. The van der Waals surface area contributed by atoms with Crippen molar-refractivity contribution in [3.05, 3.63) is 53.6 Å². The van der Waals surface area contributed by atoms with E-state index in [-0.39, 0.29) is 24.3 Å². The van der Waals surface area contributed by atoms with Gasteiger partial charge in [0, 0.05) is 19.6 Å². The summed E-state index contributed by atoms with van der Waals surface area (Å²) in [6.07, 6.45) is 2.29. The molecule has 0 aliphatic carbocycles. The zero-order chi connectivity index (χ0) is 24.7. The van der Waals surface area contributed by atoms with Gasteiger partial charge in [-0.25, -0.2) is 4.99 Å². The number of benzene rings is 2. The number of methoxy groups -OCH3 is 2. The Morgan fingerprint density at radius 2 is 1.91 bits per heavy atom. The minimum Gasteiger partial charge on any atom is -0.493 e. The SMILES string of the molecule is COc1ccc(CC(=O)N2CCN(C(=Nc3ccccc3C)NC#N)C[C@@H]2C(C)C)cc1OC. The highest BCUT2D eigenvalue weighted by Crippen LogP contribution is 2.28. The van der Waals surface area contributed by atoms with Crippen molar-refractivity contribution in [3.63, 3.8) is 0 Å². The van der Waals surface area contributed by atoms with Crippen molar-refractivity contribution < 1.29 is 14.3 Å². The summed E-state index contributed by atoms with van der Waals surface area (Å²) in [5.41, 5.74) is 2.72. The van der Waals surface area contributed by atoms with E-state index in [9.17, 15) is 10.1 Å². The van der Waals surface area contributed by atoms with Gasteiger partial charge >= 0.3 is 0 Å². The number of amides is 1. The summed E-state index contributed by atoms with van der Waals surface area (Å²) in [5.74, 6) is 2.06. The Labute approximate surface area is 201 Å². The van der Waals surface area contributed by atoms with E-state index in [4.69, 9.17) is 14.5 Å². The molecule has 1 saturated heterocycles. The Morgan fingerprint density at radius 3 is 2.56 bits per heavy atom. The molecular formula is C26H33N5O3. The number of para-hydroxylation sites is 1. The molecule has 180 valence electrons. The maximum Gasteiger partial charge on any atom is 0.227 e. The quantitative estimate of drug-likeness (QED) is 0.305. The topological polar surface area (TPSA) is 90.2 Å². The number of carbonyl (C=O) groups is 1. The summed E-state index contributed by atoms with van der Waals surface area (Å²) in [6.45, 7) is 7.94. The van der Waals surface area contributed by atoms with Crippen molar-refractivity contribution in [3.8, 4) is 17.7 Å². The molecule has 2 aromatic rings. The van der Waals surface area contributed by atoms with Gasteiger partial charge in [-0.1, -0.05) is 38.1 Å². The van der Waals surface area contributed by atoms with Gasteiger partial charge in [0.15, 0.2) is 17.7 Å². The molecule has 0 aromatic heterocycles. The molecule has 1 N–H and O–H groups in total. The Bertz CT molecular complexity index is 1080. The minimum absolute atomic E-state index is 0.0102. The second-order valence-electron chi connectivity index (χ2n) is 8.67. The predicted octanol–water partition coefficient (Wildman–Crippen LogP) is 3.48. The van der Waals surface area contributed by atoms with Crippen LogP contribution in [0.25, 0.3) is 0 Å². The number of aliphatic imine (C=N–C) groups is 1. The summed E-state index contributed by atoms with van der Waals surface area (Å²) >= 11 is 0. The van der Waals surface area contributed by atoms with E-state index in [1.54, 1.807) is 14.2 Å². The van der Waals surface area contributed by atoms with Crippen LogP contribution in [0.2, 0.25) is 0 Å². The van der Waals surface area contributed by atoms with Gasteiger partial charge < -0.3 is 19.3 Å². The number of hydrogen-bond donors (Lipinski definition) is 1. The Balaban J connectivity index is 1.78. The predicted molar refractivity (Wildman–Crippen MR) is 132 cm³/mol. The van der Waals surface area contributed by atoms with Crippen molar-refractivity contribution in [2.45, 2.75) is 33.2 Å². The van der Waals surface area contributed by atoms with E-state index in [1.165, 1.54) is 0 Å². The summed E-state index contributed by atoms with van der Waals surface area (Å²) in [4.78, 5) is 22.0. The number of piperazine rings is 1. The first-order chi connectivity index (χ1) is 16.4. The summed E-state index contributed by atoms with van der Waals surface area (Å²) in [7, 11) is 3.18. The highest BCUT2D eigenvalue weighted by Gasteiger charge is 2.33. The normalized spacial score (nSPS) is 16.3. The first kappa shape index (κ1) is 24.9. The van der Waals surface area contributed by atoms with Crippen molar-refractivity contribution in [2.75, 3.05) is 33.9 Å². The van der Waals surface area contributed by atoms with E-state index < -0.39 is 0 Å². The van der Waals surface area contributed by atoms with Gasteiger partial charge in [-0.2, -0.15) is 5.26 Å². The lowest BCUT2D eigenvalue weighted by Crippen LogP contribution is -2.60. The molecule has 0 saturated carbocycles. The monoisotopic (exact) mass is 463 g/mol. The fraction of sp³-hybridized carbons (Fsp3) is 0.423. The van der Waals surface area contributed by atoms with Gasteiger partial charge in [0.1, 0.15) is 0 Å². The van der Waals surface area contributed by atoms with Crippen LogP contribution < -0.4 is 14.8 Å². The van der Waals surface area contributed by atoms with Crippen molar-refractivity contribution in [2.24, 2.45) is 10.9 Å². The average molecular weight is 464 g/mol. The smallest absolute Gasteiger partial charge is 0.227 e. The van der Waals surface area contributed by atoms with Crippen LogP contribution in [0.5, 0.6) is 11.5 Å². The van der Waals surface area contributed by atoms with Gasteiger partial charge in [-0.05, 0) is 42.2 Å². The van der Waals surface area contributed by atoms with Gasteiger partial charge in [0.05, 0.1) is 32.4 Å². The molecule has 1 heterocycles. The van der Waals surface area contributed by atoms with Crippen LogP contribution in [-0.2, 0) is 11.2 Å².